The van der Waals surface area contributed by atoms with E-state index in [1.54, 1.807) is 0 Å². The lowest BCUT2D eigenvalue weighted by atomic mass is 9.89. The van der Waals surface area contributed by atoms with E-state index >= 15 is 0 Å². The molecule has 1 aliphatic carbocycles. The van der Waals surface area contributed by atoms with E-state index in [4.69, 9.17) is 10.8 Å². The third-order valence-electron chi connectivity index (χ3n) is 3.66. The van der Waals surface area contributed by atoms with Crippen molar-refractivity contribution < 1.29 is 9.90 Å². The zero-order valence-corrected chi connectivity index (χ0v) is 10.6. The fourth-order valence-electron chi connectivity index (χ4n) is 2.45. The number of hydrogen-bond acceptors (Lipinski definition) is 4. The molecule has 1 fully saturated rings. The SMILES string of the molecule is CC1(CNc2ncc(C(=O)O)cc2N)CCCC1. The van der Waals surface area contributed by atoms with E-state index in [-0.39, 0.29) is 5.56 Å². The number of carboxylic acid groups (broad SMARTS) is 1. The van der Waals surface area contributed by atoms with Gasteiger partial charge >= 0.3 is 5.97 Å². The standard InChI is InChI=1S/C13H19N3O2/c1-13(4-2-3-5-13)8-16-11-10(14)6-9(7-15-11)12(17)18/h6-7H,2-5,8,14H2,1H3,(H,15,16)(H,17,18). The Morgan fingerprint density at radius 2 is 2.22 bits per heavy atom. The smallest absolute Gasteiger partial charge is 0.337 e. The molecule has 5 heteroatoms. The second-order valence-electron chi connectivity index (χ2n) is 5.34. The molecule has 2 rings (SSSR count). The third-order valence-corrected chi connectivity index (χ3v) is 3.66. The first-order chi connectivity index (χ1) is 8.50. The van der Waals surface area contributed by atoms with E-state index in [1.165, 1.54) is 37.9 Å². The van der Waals surface area contributed by atoms with E-state index in [0.29, 0.717) is 16.9 Å². The lowest BCUT2D eigenvalue weighted by molar-refractivity contribution is 0.0696. The van der Waals surface area contributed by atoms with Gasteiger partial charge in [-0.25, -0.2) is 9.78 Å². The molecule has 0 atom stereocenters. The Morgan fingerprint density at radius 3 is 2.78 bits per heavy atom. The number of nitrogens with two attached hydrogens (primary N) is 1. The molecule has 1 aromatic heterocycles. The Hall–Kier alpha value is -1.78. The summed E-state index contributed by atoms with van der Waals surface area (Å²) in [6, 6.07) is 1.44. The van der Waals surface area contributed by atoms with Gasteiger partial charge in [0.05, 0.1) is 11.3 Å². The molecule has 0 aliphatic heterocycles. The van der Waals surface area contributed by atoms with Crippen molar-refractivity contribution in [3.05, 3.63) is 17.8 Å². The van der Waals surface area contributed by atoms with Crippen LogP contribution < -0.4 is 11.1 Å². The van der Waals surface area contributed by atoms with Crippen LogP contribution in [0.2, 0.25) is 0 Å². The van der Waals surface area contributed by atoms with Crippen LogP contribution in [0.3, 0.4) is 0 Å². The lowest BCUT2D eigenvalue weighted by Crippen LogP contribution is -2.23. The fourth-order valence-corrected chi connectivity index (χ4v) is 2.45. The molecular formula is C13H19N3O2. The van der Waals surface area contributed by atoms with E-state index in [2.05, 4.69) is 17.2 Å². The van der Waals surface area contributed by atoms with Crippen molar-refractivity contribution in [1.82, 2.24) is 4.98 Å². The third kappa shape index (κ3) is 2.72. The molecule has 0 unspecified atom stereocenters. The summed E-state index contributed by atoms with van der Waals surface area (Å²) in [5, 5.41) is 12.1. The number of rotatable bonds is 4. The molecule has 0 spiro atoms. The molecule has 4 N–H and O–H groups in total. The van der Waals surface area contributed by atoms with Crippen LogP contribution in [0.4, 0.5) is 11.5 Å². The number of carboxylic acids is 1. The number of carbonyl (C=O) groups is 1. The number of anilines is 2. The molecule has 1 heterocycles. The molecule has 1 saturated carbocycles. The van der Waals surface area contributed by atoms with Gasteiger partial charge in [0.25, 0.3) is 0 Å². The first-order valence-corrected chi connectivity index (χ1v) is 6.23. The molecule has 1 aromatic rings. The minimum Gasteiger partial charge on any atom is -0.478 e. The van der Waals surface area contributed by atoms with Gasteiger partial charge < -0.3 is 16.2 Å². The lowest BCUT2D eigenvalue weighted by Gasteiger charge is -2.24. The van der Waals surface area contributed by atoms with Gasteiger partial charge in [-0.1, -0.05) is 19.8 Å². The highest BCUT2D eigenvalue weighted by atomic mass is 16.4. The largest absolute Gasteiger partial charge is 0.478 e. The Bertz CT molecular complexity index is 454. The summed E-state index contributed by atoms with van der Waals surface area (Å²) in [5.41, 5.74) is 6.61. The van der Waals surface area contributed by atoms with Crippen molar-refractivity contribution in [2.24, 2.45) is 5.41 Å². The van der Waals surface area contributed by atoms with Gasteiger partial charge in [0.1, 0.15) is 5.82 Å². The van der Waals surface area contributed by atoms with Gasteiger partial charge in [-0.2, -0.15) is 0 Å². The highest BCUT2D eigenvalue weighted by Crippen LogP contribution is 2.37. The van der Waals surface area contributed by atoms with Gasteiger partial charge in [-0.15, -0.1) is 0 Å². The van der Waals surface area contributed by atoms with Gasteiger partial charge in [0, 0.05) is 12.7 Å². The van der Waals surface area contributed by atoms with Gasteiger partial charge in [-0.3, -0.25) is 0 Å². The average Bonchev–Trinajstić information content (AvgIpc) is 2.75. The van der Waals surface area contributed by atoms with Crippen LogP contribution in [0.1, 0.15) is 43.0 Å². The number of aromatic nitrogens is 1. The van der Waals surface area contributed by atoms with Crippen LogP contribution in [-0.4, -0.2) is 22.6 Å². The van der Waals surface area contributed by atoms with E-state index in [1.807, 2.05) is 0 Å². The Morgan fingerprint density at radius 1 is 1.56 bits per heavy atom. The van der Waals surface area contributed by atoms with Crippen LogP contribution in [0.15, 0.2) is 12.3 Å². The molecule has 0 bridgehead atoms. The number of hydrogen-bond donors (Lipinski definition) is 3. The maximum Gasteiger partial charge on any atom is 0.337 e. The molecule has 1 aliphatic rings. The van der Waals surface area contributed by atoms with Crippen LogP contribution in [-0.2, 0) is 0 Å². The van der Waals surface area contributed by atoms with Gasteiger partial charge in [0.2, 0.25) is 0 Å². The Kier molecular flexibility index (Phi) is 3.41. The highest BCUT2D eigenvalue weighted by Gasteiger charge is 2.28. The van der Waals surface area contributed by atoms with Crippen molar-refractivity contribution in [2.75, 3.05) is 17.6 Å². The minimum atomic E-state index is -1.01. The normalized spacial score (nSPS) is 17.6. The molecule has 0 radical (unpaired) electrons. The number of aromatic carboxylic acids is 1. The van der Waals surface area contributed by atoms with Crippen molar-refractivity contribution in [2.45, 2.75) is 32.6 Å². The molecule has 0 amide bonds. The highest BCUT2D eigenvalue weighted by molar-refractivity contribution is 5.89. The van der Waals surface area contributed by atoms with E-state index < -0.39 is 5.97 Å². The summed E-state index contributed by atoms with van der Waals surface area (Å²) in [7, 11) is 0. The summed E-state index contributed by atoms with van der Waals surface area (Å²) < 4.78 is 0. The van der Waals surface area contributed by atoms with Crippen molar-refractivity contribution in [3.63, 3.8) is 0 Å². The van der Waals surface area contributed by atoms with Crippen molar-refractivity contribution in [1.29, 1.82) is 0 Å². The quantitative estimate of drug-likeness (QED) is 0.762. The zero-order valence-electron chi connectivity index (χ0n) is 10.6. The van der Waals surface area contributed by atoms with Crippen LogP contribution in [0.5, 0.6) is 0 Å². The maximum absolute atomic E-state index is 10.8. The predicted molar refractivity (Wildman–Crippen MR) is 70.7 cm³/mol. The number of nitrogen functional groups attached to an aromatic ring is 1. The maximum atomic E-state index is 10.8. The average molecular weight is 249 g/mol. The van der Waals surface area contributed by atoms with E-state index in [0.717, 1.165) is 6.54 Å². The first-order valence-electron chi connectivity index (χ1n) is 6.23. The second-order valence-corrected chi connectivity index (χ2v) is 5.34. The molecule has 5 nitrogen and oxygen atoms in total. The minimum absolute atomic E-state index is 0.116. The van der Waals surface area contributed by atoms with Crippen LogP contribution >= 0.6 is 0 Å². The van der Waals surface area contributed by atoms with E-state index in [9.17, 15) is 4.79 Å². The van der Waals surface area contributed by atoms with Crippen LogP contribution in [0.25, 0.3) is 0 Å². The summed E-state index contributed by atoms with van der Waals surface area (Å²) in [6.45, 7) is 3.09. The van der Waals surface area contributed by atoms with Crippen LogP contribution in [0, 0.1) is 5.41 Å². The Labute approximate surface area is 106 Å². The molecule has 0 aromatic carbocycles. The summed E-state index contributed by atoms with van der Waals surface area (Å²) in [4.78, 5) is 14.8. The molecular weight excluding hydrogens is 230 g/mol. The molecule has 98 valence electrons. The van der Waals surface area contributed by atoms with Crippen molar-refractivity contribution in [3.8, 4) is 0 Å². The first kappa shape index (κ1) is 12.7. The predicted octanol–water partition coefficient (Wildman–Crippen LogP) is 2.35. The summed E-state index contributed by atoms with van der Waals surface area (Å²) in [5.74, 6) is -0.434. The van der Waals surface area contributed by atoms with Crippen molar-refractivity contribution >= 4 is 17.5 Å². The summed E-state index contributed by atoms with van der Waals surface area (Å²) >= 11 is 0. The number of nitrogens with one attached hydrogen (secondary N) is 1. The second kappa shape index (κ2) is 4.84. The summed E-state index contributed by atoms with van der Waals surface area (Å²) in [6.07, 6.45) is 6.32. The Balaban J connectivity index is 2.03. The topological polar surface area (TPSA) is 88.2 Å². The molecule has 18 heavy (non-hydrogen) atoms. The fraction of sp³-hybridized carbons (Fsp3) is 0.538. The van der Waals surface area contributed by atoms with Gasteiger partial charge in [-0.05, 0) is 24.3 Å². The zero-order chi connectivity index (χ0) is 13.2. The number of nitrogens with zero attached hydrogens (tertiary/aromatic N) is 1. The molecule has 0 saturated heterocycles. The monoisotopic (exact) mass is 249 g/mol. The number of pyridine rings is 1. The van der Waals surface area contributed by atoms with Gasteiger partial charge in [0.15, 0.2) is 0 Å².